The molecule has 0 N–H and O–H groups in total. The number of carbonyl (C=O) groups excluding carboxylic acids is 1. The van der Waals surface area contributed by atoms with Gasteiger partial charge in [0.05, 0.1) is 12.7 Å². The van der Waals surface area contributed by atoms with E-state index in [2.05, 4.69) is 74.4 Å². The normalized spacial score (nSPS) is 12.7. The molecule has 1 aliphatic heterocycles. The van der Waals surface area contributed by atoms with Crippen molar-refractivity contribution >= 4 is 29.1 Å². The van der Waals surface area contributed by atoms with Crippen molar-refractivity contribution in [2.45, 2.75) is 15.7 Å². The van der Waals surface area contributed by atoms with Crippen molar-refractivity contribution in [3.8, 4) is 0 Å². The molecule has 0 spiro atoms. The van der Waals surface area contributed by atoms with Gasteiger partial charge < -0.3 is 14.5 Å². The van der Waals surface area contributed by atoms with Gasteiger partial charge in [0.25, 0.3) is 0 Å². The highest BCUT2D eigenvalue weighted by molar-refractivity contribution is 7.99. The summed E-state index contributed by atoms with van der Waals surface area (Å²) < 4.78 is 5.09. The molecule has 0 amide bonds. The van der Waals surface area contributed by atoms with Crippen molar-refractivity contribution in [2.75, 3.05) is 45.1 Å². The molecular formula is C25H26N2O2S. The molecule has 30 heavy (non-hydrogen) atoms. The highest BCUT2D eigenvalue weighted by Crippen LogP contribution is 2.50. The quantitative estimate of drug-likeness (QED) is 0.423. The van der Waals surface area contributed by atoms with Crippen LogP contribution in [0.5, 0.6) is 0 Å². The van der Waals surface area contributed by atoms with Crippen molar-refractivity contribution in [3.05, 3.63) is 82.9 Å². The summed E-state index contributed by atoms with van der Waals surface area (Å²) in [7, 11) is 9.65. The third-order valence-corrected chi connectivity index (χ3v) is 6.69. The average Bonchev–Trinajstić information content (AvgIpc) is 2.76. The van der Waals surface area contributed by atoms with E-state index >= 15 is 0 Å². The Morgan fingerprint density at radius 1 is 0.800 bits per heavy atom. The van der Waals surface area contributed by atoms with Crippen LogP contribution >= 0.6 is 11.8 Å². The SMILES string of the molecule is COC(=O)c1ccccc1C1c2ccc(N(C)C)cc2Sc2cc(N(C)C)ccc21. The second-order valence-corrected chi connectivity index (χ2v) is 8.93. The van der Waals surface area contributed by atoms with Crippen molar-refractivity contribution in [2.24, 2.45) is 0 Å². The lowest BCUT2D eigenvalue weighted by atomic mass is 9.82. The topological polar surface area (TPSA) is 32.8 Å². The molecule has 0 radical (unpaired) electrons. The van der Waals surface area contributed by atoms with Gasteiger partial charge in [-0.3, -0.25) is 0 Å². The molecule has 5 heteroatoms. The molecular weight excluding hydrogens is 392 g/mol. The number of esters is 1. The van der Waals surface area contributed by atoms with E-state index in [-0.39, 0.29) is 11.9 Å². The van der Waals surface area contributed by atoms with Crippen LogP contribution in [0.1, 0.15) is 33.0 Å². The highest BCUT2D eigenvalue weighted by Gasteiger charge is 2.31. The van der Waals surface area contributed by atoms with Gasteiger partial charge in [0.2, 0.25) is 0 Å². The molecule has 0 saturated heterocycles. The number of methoxy groups -OCH3 is 1. The molecule has 4 nitrogen and oxygen atoms in total. The number of rotatable bonds is 4. The van der Waals surface area contributed by atoms with E-state index in [1.54, 1.807) is 11.8 Å². The second-order valence-electron chi connectivity index (χ2n) is 7.85. The smallest absolute Gasteiger partial charge is 0.338 e. The van der Waals surface area contributed by atoms with Gasteiger partial charge in [0.15, 0.2) is 0 Å². The summed E-state index contributed by atoms with van der Waals surface area (Å²) in [5.41, 5.74) is 6.34. The minimum Gasteiger partial charge on any atom is -0.465 e. The average molecular weight is 419 g/mol. The van der Waals surface area contributed by atoms with Gasteiger partial charge in [0.1, 0.15) is 0 Å². The predicted octanol–water partition coefficient (Wildman–Crippen LogP) is 5.25. The third-order valence-electron chi connectivity index (χ3n) is 5.55. The van der Waals surface area contributed by atoms with Gasteiger partial charge in [0, 0.05) is 55.3 Å². The molecule has 0 saturated carbocycles. The Kier molecular flexibility index (Phi) is 5.48. The number of ether oxygens (including phenoxy) is 1. The fourth-order valence-corrected chi connectivity index (χ4v) is 5.13. The highest BCUT2D eigenvalue weighted by atomic mass is 32.2. The number of hydrogen-bond acceptors (Lipinski definition) is 5. The molecule has 3 aromatic carbocycles. The van der Waals surface area contributed by atoms with E-state index in [0.717, 1.165) is 16.9 Å². The number of fused-ring (bicyclic) bond motifs is 2. The lowest BCUT2D eigenvalue weighted by molar-refractivity contribution is 0.0599. The maximum absolute atomic E-state index is 12.5. The van der Waals surface area contributed by atoms with Crippen LogP contribution < -0.4 is 9.80 Å². The van der Waals surface area contributed by atoms with Crippen LogP contribution in [0.2, 0.25) is 0 Å². The molecule has 0 aromatic heterocycles. The number of benzene rings is 3. The summed E-state index contributed by atoms with van der Waals surface area (Å²) in [5.74, 6) is -0.333. The van der Waals surface area contributed by atoms with E-state index in [0.29, 0.717) is 5.56 Å². The van der Waals surface area contributed by atoms with Crippen molar-refractivity contribution in [1.82, 2.24) is 0 Å². The fourth-order valence-electron chi connectivity index (χ4n) is 3.92. The van der Waals surface area contributed by atoms with Crippen LogP contribution in [0.25, 0.3) is 0 Å². The summed E-state index contributed by atoms with van der Waals surface area (Å²) >= 11 is 1.79. The first-order valence-corrected chi connectivity index (χ1v) is 10.7. The molecule has 154 valence electrons. The lowest BCUT2D eigenvalue weighted by Gasteiger charge is -2.31. The molecule has 0 bridgehead atoms. The van der Waals surface area contributed by atoms with E-state index < -0.39 is 0 Å². The summed E-state index contributed by atoms with van der Waals surface area (Å²) in [6, 6.07) is 20.9. The maximum atomic E-state index is 12.5. The molecule has 4 rings (SSSR count). The van der Waals surface area contributed by atoms with Crippen LogP contribution in [-0.4, -0.2) is 41.3 Å². The molecule has 0 unspecified atom stereocenters. The minimum absolute atomic E-state index is 0.0287. The van der Waals surface area contributed by atoms with E-state index in [1.165, 1.54) is 28.0 Å². The van der Waals surface area contributed by atoms with Crippen molar-refractivity contribution in [1.29, 1.82) is 0 Å². The second kappa shape index (κ2) is 8.07. The standard InChI is InChI=1S/C25H26N2O2S/c1-26(2)16-10-12-20-22(14-16)30-23-15-17(27(3)4)11-13-21(23)24(20)18-8-6-7-9-19(18)25(28)29-5/h6-15,24H,1-5H3. The van der Waals surface area contributed by atoms with Gasteiger partial charge in [-0.2, -0.15) is 0 Å². The minimum atomic E-state index is -0.304. The third kappa shape index (κ3) is 3.54. The number of anilines is 2. The number of carbonyl (C=O) groups is 1. The van der Waals surface area contributed by atoms with E-state index in [1.807, 2.05) is 24.3 Å². The van der Waals surface area contributed by atoms with Gasteiger partial charge >= 0.3 is 5.97 Å². The van der Waals surface area contributed by atoms with Crippen LogP contribution in [0, 0.1) is 0 Å². The Labute approximate surface area is 182 Å². The largest absolute Gasteiger partial charge is 0.465 e. The first kappa shape index (κ1) is 20.4. The lowest BCUT2D eigenvalue weighted by Crippen LogP contribution is -2.17. The molecule has 1 aliphatic rings. The zero-order valence-corrected chi connectivity index (χ0v) is 18.8. The predicted molar refractivity (Wildman–Crippen MR) is 124 cm³/mol. The molecule has 3 aromatic rings. The van der Waals surface area contributed by atoms with Crippen LogP contribution in [-0.2, 0) is 4.74 Å². The zero-order valence-electron chi connectivity index (χ0n) is 18.0. The summed E-state index contributed by atoms with van der Waals surface area (Å²) in [6.45, 7) is 0. The Hall–Kier alpha value is -2.92. The van der Waals surface area contributed by atoms with Gasteiger partial charge in [-0.25, -0.2) is 4.79 Å². The Morgan fingerprint density at radius 2 is 1.33 bits per heavy atom. The number of nitrogens with zero attached hydrogens (tertiary/aromatic N) is 2. The summed E-state index contributed by atoms with van der Waals surface area (Å²) in [5, 5.41) is 0. The molecule has 0 fully saturated rings. The number of hydrogen-bond donors (Lipinski definition) is 0. The van der Waals surface area contributed by atoms with Gasteiger partial charge in [-0.05, 0) is 47.0 Å². The van der Waals surface area contributed by atoms with Crippen LogP contribution in [0.4, 0.5) is 11.4 Å². The fraction of sp³-hybridized carbons (Fsp3) is 0.240. The maximum Gasteiger partial charge on any atom is 0.338 e. The molecule has 0 aliphatic carbocycles. The Bertz CT molecular complexity index is 1050. The Balaban J connectivity index is 1.96. The molecule has 1 heterocycles. The van der Waals surface area contributed by atoms with Crippen LogP contribution in [0.3, 0.4) is 0 Å². The summed E-state index contributed by atoms with van der Waals surface area (Å²) in [6.07, 6.45) is 0. The van der Waals surface area contributed by atoms with Gasteiger partial charge in [-0.1, -0.05) is 42.1 Å². The van der Waals surface area contributed by atoms with Crippen LogP contribution in [0.15, 0.2) is 70.5 Å². The first-order chi connectivity index (χ1) is 14.4. The van der Waals surface area contributed by atoms with Crippen molar-refractivity contribution in [3.63, 3.8) is 0 Å². The summed E-state index contributed by atoms with van der Waals surface area (Å²) in [4.78, 5) is 19.2. The Morgan fingerprint density at radius 3 is 1.83 bits per heavy atom. The first-order valence-electron chi connectivity index (χ1n) is 9.88. The van der Waals surface area contributed by atoms with Gasteiger partial charge in [-0.15, -0.1) is 0 Å². The van der Waals surface area contributed by atoms with E-state index in [4.69, 9.17) is 4.74 Å². The molecule has 0 atom stereocenters. The van der Waals surface area contributed by atoms with E-state index in [9.17, 15) is 4.79 Å². The zero-order chi connectivity index (χ0) is 21.4. The van der Waals surface area contributed by atoms with Crippen molar-refractivity contribution < 1.29 is 9.53 Å². The monoisotopic (exact) mass is 418 g/mol.